The van der Waals surface area contributed by atoms with Gasteiger partial charge in [0.05, 0.1) is 18.9 Å². The molecule has 0 unspecified atom stereocenters. The van der Waals surface area contributed by atoms with Crippen LogP contribution < -0.4 is 20.1 Å². The Morgan fingerprint density at radius 2 is 1.50 bits per heavy atom. The lowest BCUT2D eigenvalue weighted by Gasteiger charge is -2.27. The number of nitrogens with zero attached hydrogens (tertiary/aromatic N) is 1. The Morgan fingerprint density at radius 3 is 2.12 bits per heavy atom. The van der Waals surface area contributed by atoms with Gasteiger partial charge in [-0.1, -0.05) is 13.8 Å². The molecule has 2 fully saturated rings. The lowest BCUT2D eigenvalue weighted by atomic mass is 10.1. The molecule has 0 amide bonds. The number of benzene rings is 1. The van der Waals surface area contributed by atoms with Gasteiger partial charge in [-0.3, -0.25) is 4.98 Å². The molecule has 0 bridgehead atoms. The molecule has 2 N–H and O–H groups in total. The third-order valence-electron chi connectivity index (χ3n) is 5.66. The van der Waals surface area contributed by atoms with E-state index in [2.05, 4.69) is 15.6 Å². The van der Waals surface area contributed by atoms with E-state index in [1.54, 1.807) is 12.3 Å². The summed E-state index contributed by atoms with van der Waals surface area (Å²) in [6.45, 7) is 7.29. The van der Waals surface area contributed by atoms with Crippen LogP contribution >= 0.6 is 0 Å². The van der Waals surface area contributed by atoms with Crippen LogP contribution in [-0.4, -0.2) is 55.7 Å². The number of halogens is 3. The lowest BCUT2D eigenvalue weighted by molar-refractivity contribution is 0.0704. The maximum Gasteiger partial charge on any atom is 0.149 e. The van der Waals surface area contributed by atoms with E-state index in [4.69, 9.17) is 14.2 Å². The summed E-state index contributed by atoms with van der Waals surface area (Å²) >= 11 is 0. The molecule has 3 aliphatic rings. The van der Waals surface area contributed by atoms with Gasteiger partial charge in [-0.25, -0.2) is 13.2 Å². The van der Waals surface area contributed by atoms with Crippen LogP contribution in [0.1, 0.15) is 37.9 Å². The number of hydrogen-bond acceptors (Lipinski definition) is 6. The van der Waals surface area contributed by atoms with Crippen molar-refractivity contribution >= 4 is 0 Å². The van der Waals surface area contributed by atoms with Crippen LogP contribution in [0.2, 0.25) is 0 Å². The minimum Gasteiger partial charge on any atom is -0.487 e. The van der Waals surface area contributed by atoms with Crippen molar-refractivity contribution < 1.29 is 27.4 Å². The molecule has 9 heteroatoms. The van der Waals surface area contributed by atoms with Gasteiger partial charge in [0.15, 0.2) is 0 Å². The number of nitrogens with one attached hydrogen (secondary N) is 2. The largest absolute Gasteiger partial charge is 0.487 e. The first-order valence-electron chi connectivity index (χ1n) is 11.9. The van der Waals surface area contributed by atoms with Gasteiger partial charge in [0.2, 0.25) is 0 Å². The summed E-state index contributed by atoms with van der Waals surface area (Å²) in [5, 5.41) is 5.95. The van der Waals surface area contributed by atoms with Gasteiger partial charge in [-0.15, -0.1) is 0 Å². The molecule has 4 heterocycles. The van der Waals surface area contributed by atoms with E-state index in [9.17, 15) is 13.2 Å². The van der Waals surface area contributed by atoms with E-state index in [0.29, 0.717) is 44.9 Å². The van der Waals surface area contributed by atoms with Crippen LogP contribution in [0.4, 0.5) is 13.2 Å². The molecule has 5 rings (SSSR count). The van der Waals surface area contributed by atoms with Gasteiger partial charge >= 0.3 is 0 Å². The van der Waals surface area contributed by atoms with Gasteiger partial charge < -0.3 is 24.8 Å². The second kappa shape index (κ2) is 13.5. The average Bonchev–Trinajstić information content (AvgIpc) is 3.35. The number of rotatable bonds is 4. The molecule has 0 spiro atoms. The summed E-state index contributed by atoms with van der Waals surface area (Å²) in [6.07, 6.45) is 0.299. The Labute approximate surface area is 199 Å². The van der Waals surface area contributed by atoms with E-state index < -0.39 is 18.4 Å². The average molecular weight is 482 g/mol. The number of fused-ring (bicyclic) bond motifs is 1. The van der Waals surface area contributed by atoms with Gasteiger partial charge in [0.25, 0.3) is 0 Å². The normalized spacial score (nSPS) is 25.7. The van der Waals surface area contributed by atoms with Crippen LogP contribution in [0.15, 0.2) is 36.5 Å². The van der Waals surface area contributed by atoms with Gasteiger partial charge in [0, 0.05) is 24.8 Å². The van der Waals surface area contributed by atoms with Crippen molar-refractivity contribution in [2.75, 3.05) is 26.2 Å². The fourth-order valence-corrected chi connectivity index (χ4v) is 3.86. The monoisotopic (exact) mass is 481 g/mol. The third kappa shape index (κ3) is 7.32. The molecule has 188 valence electrons. The highest BCUT2D eigenvalue weighted by Crippen LogP contribution is 2.29. The zero-order valence-corrected chi connectivity index (χ0v) is 19.7. The Kier molecular flexibility index (Phi) is 10.4. The highest BCUT2D eigenvalue weighted by atomic mass is 19.1. The number of piperidine rings is 2. The summed E-state index contributed by atoms with van der Waals surface area (Å²) in [7, 11) is 0. The van der Waals surface area contributed by atoms with E-state index in [1.807, 2.05) is 13.8 Å². The maximum absolute atomic E-state index is 13.7. The van der Waals surface area contributed by atoms with Crippen molar-refractivity contribution in [2.45, 2.75) is 64.5 Å². The van der Waals surface area contributed by atoms with E-state index in [-0.39, 0.29) is 11.9 Å². The first kappa shape index (κ1) is 26.2. The smallest absolute Gasteiger partial charge is 0.149 e. The van der Waals surface area contributed by atoms with Gasteiger partial charge in [0.1, 0.15) is 41.9 Å². The number of pyridine rings is 1. The molecule has 1 aromatic carbocycles. The molecular formula is C25H34F3N3O3. The minimum absolute atomic E-state index is 0.315. The fourth-order valence-electron chi connectivity index (χ4n) is 3.86. The van der Waals surface area contributed by atoms with Crippen LogP contribution in [0.5, 0.6) is 11.5 Å². The Morgan fingerprint density at radius 1 is 0.882 bits per heavy atom. The lowest BCUT2D eigenvalue weighted by Crippen LogP contribution is -2.44. The first-order chi connectivity index (χ1) is 16.6. The van der Waals surface area contributed by atoms with E-state index in [1.165, 1.54) is 24.3 Å². The van der Waals surface area contributed by atoms with Crippen LogP contribution in [0.3, 0.4) is 0 Å². The standard InChI is InChI=1S/C12H15FN2O2.C11H13F2NO.C2H6/c13-9-5-14-3-1-12(9)17-11-2-4-15-10-7-16-6-8(10)11;12-8-1-3-9(4-2-8)15-11-5-6-14-7-10(11)13;1-2/h2,4,9,12,14H,1,3,5-7H2;1-4,10-11,14H,5-7H2;1-2H3/t9-,12+;10-,11+;/m00./s1. The van der Waals surface area contributed by atoms with Crippen LogP contribution in [0.25, 0.3) is 0 Å². The topological polar surface area (TPSA) is 64.6 Å². The second-order valence-electron chi connectivity index (χ2n) is 8.01. The molecule has 0 radical (unpaired) electrons. The summed E-state index contributed by atoms with van der Waals surface area (Å²) in [6, 6.07) is 7.45. The number of aromatic nitrogens is 1. The summed E-state index contributed by atoms with van der Waals surface area (Å²) in [5.41, 5.74) is 1.88. The second-order valence-corrected chi connectivity index (χ2v) is 8.01. The Balaban J connectivity index is 0.000000179. The predicted octanol–water partition coefficient (Wildman–Crippen LogP) is 4.12. The molecule has 2 saturated heterocycles. The van der Waals surface area contributed by atoms with E-state index in [0.717, 1.165) is 30.1 Å². The highest BCUT2D eigenvalue weighted by molar-refractivity contribution is 5.37. The Hall–Kier alpha value is -2.36. The fraction of sp³-hybridized carbons (Fsp3) is 0.560. The van der Waals surface area contributed by atoms with Crippen molar-refractivity contribution in [3.63, 3.8) is 0 Å². The summed E-state index contributed by atoms with van der Waals surface area (Å²) in [4.78, 5) is 4.22. The zero-order chi connectivity index (χ0) is 24.3. The molecule has 34 heavy (non-hydrogen) atoms. The zero-order valence-electron chi connectivity index (χ0n) is 19.7. The van der Waals surface area contributed by atoms with Crippen LogP contribution in [-0.2, 0) is 18.0 Å². The Bertz CT molecular complexity index is 872. The number of ether oxygens (including phenoxy) is 3. The molecule has 0 aliphatic carbocycles. The molecule has 0 saturated carbocycles. The summed E-state index contributed by atoms with van der Waals surface area (Å²) < 4.78 is 56.1. The molecule has 2 aromatic rings. The molecule has 4 atom stereocenters. The van der Waals surface area contributed by atoms with Crippen molar-refractivity contribution in [1.29, 1.82) is 0 Å². The van der Waals surface area contributed by atoms with Gasteiger partial charge in [-0.05, 0) is 56.3 Å². The summed E-state index contributed by atoms with van der Waals surface area (Å²) in [5.74, 6) is 0.928. The predicted molar refractivity (Wildman–Crippen MR) is 124 cm³/mol. The molecule has 1 aromatic heterocycles. The maximum atomic E-state index is 13.7. The van der Waals surface area contributed by atoms with Crippen molar-refractivity contribution in [2.24, 2.45) is 0 Å². The number of alkyl halides is 2. The van der Waals surface area contributed by atoms with Crippen molar-refractivity contribution in [1.82, 2.24) is 15.6 Å². The molecule has 3 aliphatic heterocycles. The third-order valence-corrected chi connectivity index (χ3v) is 5.66. The highest BCUT2D eigenvalue weighted by Gasteiger charge is 2.28. The first-order valence-corrected chi connectivity index (χ1v) is 11.9. The van der Waals surface area contributed by atoms with Crippen molar-refractivity contribution in [3.8, 4) is 11.5 Å². The SMILES string of the molecule is CC.F[C@H]1CNCC[C@H]1Oc1ccnc2c1COC2.Fc1ccc(O[C@@H]2CCNC[C@@H]2F)cc1. The molecule has 6 nitrogen and oxygen atoms in total. The van der Waals surface area contributed by atoms with Gasteiger partial charge in [-0.2, -0.15) is 0 Å². The van der Waals surface area contributed by atoms with E-state index >= 15 is 0 Å². The number of hydrogen-bond donors (Lipinski definition) is 2. The quantitative estimate of drug-likeness (QED) is 0.685. The van der Waals surface area contributed by atoms with Crippen LogP contribution in [0, 0.1) is 5.82 Å². The molecular weight excluding hydrogens is 447 g/mol. The minimum atomic E-state index is -0.996. The van der Waals surface area contributed by atoms with Crippen molar-refractivity contribution in [3.05, 3.63) is 53.6 Å².